The van der Waals surface area contributed by atoms with Gasteiger partial charge in [-0.15, -0.1) is 0 Å². The van der Waals surface area contributed by atoms with E-state index in [-0.39, 0.29) is 5.75 Å². The minimum atomic E-state index is -1.21. The number of nitrogens with zero attached hydrogens (tertiary/aromatic N) is 1. The molecule has 0 saturated carbocycles. The lowest BCUT2D eigenvalue weighted by Crippen LogP contribution is -2.16. The number of hydrogen-bond donors (Lipinski definition) is 0. The van der Waals surface area contributed by atoms with Gasteiger partial charge >= 0.3 is 0 Å². The largest absolute Gasteiger partial charge is 0.497 e. The predicted octanol–water partition coefficient (Wildman–Crippen LogP) is 4.22. The van der Waals surface area contributed by atoms with E-state index in [1.165, 1.54) is 0 Å². The Bertz CT molecular complexity index is 1000. The van der Waals surface area contributed by atoms with E-state index >= 15 is 0 Å². The van der Waals surface area contributed by atoms with Crippen LogP contribution in [0.3, 0.4) is 0 Å². The van der Waals surface area contributed by atoms with Crippen LogP contribution in [-0.2, 0) is 22.3 Å². The molecule has 1 aliphatic heterocycles. The number of ether oxygens (including phenoxy) is 3. The van der Waals surface area contributed by atoms with Crippen LogP contribution in [0.4, 0.5) is 0 Å². The summed E-state index contributed by atoms with van der Waals surface area (Å²) < 4.78 is 34.5. The maximum Gasteiger partial charge on any atom is 0.207 e. The summed E-state index contributed by atoms with van der Waals surface area (Å²) in [6.45, 7) is 0.943. The second-order valence-corrected chi connectivity index (χ2v) is 8.04. The molecule has 0 bridgehead atoms. The van der Waals surface area contributed by atoms with Crippen LogP contribution >= 0.6 is 11.6 Å². The fourth-order valence-electron chi connectivity index (χ4n) is 2.89. The lowest BCUT2D eigenvalue weighted by Gasteiger charge is -2.20. The Morgan fingerprint density at radius 2 is 1.93 bits per heavy atom. The van der Waals surface area contributed by atoms with Crippen molar-refractivity contribution in [3.63, 3.8) is 0 Å². The Hall–Kier alpha value is -2.51. The molecule has 4 rings (SSSR count). The van der Waals surface area contributed by atoms with Gasteiger partial charge in [-0.05, 0) is 42.0 Å². The Morgan fingerprint density at radius 1 is 1.14 bits per heavy atom. The minimum absolute atomic E-state index is 0.211. The van der Waals surface area contributed by atoms with Crippen LogP contribution in [0.5, 0.6) is 17.2 Å². The van der Waals surface area contributed by atoms with Crippen molar-refractivity contribution in [3.05, 3.63) is 59.1 Å². The first kappa shape index (κ1) is 18.8. The highest BCUT2D eigenvalue weighted by atomic mass is 35.5. The van der Waals surface area contributed by atoms with Crippen molar-refractivity contribution in [2.75, 3.05) is 20.3 Å². The summed E-state index contributed by atoms with van der Waals surface area (Å²) in [4.78, 5) is 4.24. The summed E-state index contributed by atoms with van der Waals surface area (Å²) in [5.41, 5.74) is 1.69. The van der Waals surface area contributed by atoms with Gasteiger partial charge in [-0.25, -0.2) is 4.98 Å². The van der Waals surface area contributed by atoms with Gasteiger partial charge in [0.2, 0.25) is 5.89 Å². The van der Waals surface area contributed by atoms with E-state index < -0.39 is 10.8 Å². The SMILES string of the molecule is COc1ccc(-c2cnc(C[S@](=O)Cc3cc(Cl)c4c(c3)OCCO4)o2)cc1. The third kappa shape index (κ3) is 4.15. The van der Waals surface area contributed by atoms with Gasteiger partial charge in [-0.3, -0.25) is 4.21 Å². The highest BCUT2D eigenvalue weighted by molar-refractivity contribution is 7.83. The fraction of sp³-hybridized carbons (Fsp3) is 0.250. The van der Waals surface area contributed by atoms with E-state index in [1.54, 1.807) is 19.4 Å². The third-order valence-electron chi connectivity index (χ3n) is 4.20. The fourth-order valence-corrected chi connectivity index (χ4v) is 4.23. The van der Waals surface area contributed by atoms with Gasteiger partial charge < -0.3 is 18.6 Å². The Balaban J connectivity index is 1.43. The van der Waals surface area contributed by atoms with Crippen molar-refractivity contribution < 1.29 is 22.8 Å². The van der Waals surface area contributed by atoms with Gasteiger partial charge in [0.25, 0.3) is 0 Å². The van der Waals surface area contributed by atoms with Gasteiger partial charge in [0.05, 0.1) is 18.3 Å². The molecule has 0 amide bonds. The first-order valence-electron chi connectivity index (χ1n) is 8.64. The number of rotatable bonds is 6. The Labute approximate surface area is 169 Å². The molecule has 0 aliphatic carbocycles. The monoisotopic (exact) mass is 419 g/mol. The van der Waals surface area contributed by atoms with Gasteiger partial charge in [-0.2, -0.15) is 0 Å². The average Bonchev–Trinajstić information content (AvgIpc) is 3.16. The average molecular weight is 420 g/mol. The highest BCUT2D eigenvalue weighted by Gasteiger charge is 2.18. The molecule has 3 aromatic rings. The highest BCUT2D eigenvalue weighted by Crippen LogP contribution is 2.38. The number of oxazole rings is 1. The molecule has 28 heavy (non-hydrogen) atoms. The van der Waals surface area contributed by atoms with E-state index in [4.69, 9.17) is 30.2 Å². The van der Waals surface area contributed by atoms with Crippen LogP contribution in [0.15, 0.2) is 47.0 Å². The molecular weight excluding hydrogens is 402 g/mol. The molecule has 146 valence electrons. The van der Waals surface area contributed by atoms with E-state index in [2.05, 4.69) is 4.98 Å². The summed E-state index contributed by atoms with van der Waals surface area (Å²) in [6.07, 6.45) is 1.63. The quantitative estimate of drug-likeness (QED) is 0.595. The molecule has 2 aromatic carbocycles. The number of methoxy groups -OCH3 is 1. The van der Waals surface area contributed by atoms with Crippen molar-refractivity contribution >= 4 is 22.4 Å². The van der Waals surface area contributed by atoms with Gasteiger partial charge in [0.1, 0.15) is 24.7 Å². The smallest absolute Gasteiger partial charge is 0.207 e. The third-order valence-corrected chi connectivity index (χ3v) is 5.70. The second kappa shape index (κ2) is 8.24. The maximum absolute atomic E-state index is 12.6. The molecule has 1 aromatic heterocycles. The second-order valence-electron chi connectivity index (χ2n) is 6.18. The van der Waals surface area contributed by atoms with Crippen LogP contribution in [0, 0.1) is 0 Å². The van der Waals surface area contributed by atoms with Crippen molar-refractivity contribution in [3.8, 4) is 28.6 Å². The normalized spacial score (nSPS) is 13.9. The molecule has 2 heterocycles. The van der Waals surface area contributed by atoms with Crippen LogP contribution in [0.25, 0.3) is 11.3 Å². The van der Waals surface area contributed by atoms with Crippen LogP contribution in [-0.4, -0.2) is 29.5 Å². The van der Waals surface area contributed by atoms with E-state index in [0.29, 0.717) is 47.1 Å². The zero-order valence-electron chi connectivity index (χ0n) is 15.1. The standard InChI is InChI=1S/C20H18ClNO5S/c1-24-15-4-2-14(3-5-15)18-10-22-19(27-18)12-28(23)11-13-8-16(21)20-17(9-13)25-6-7-26-20/h2-5,8-10H,6-7,11-12H2,1H3/t28-/m1/s1. The summed E-state index contributed by atoms with van der Waals surface area (Å²) in [6, 6.07) is 11.0. The molecule has 1 atom stereocenters. The lowest BCUT2D eigenvalue weighted by atomic mass is 10.2. The molecule has 0 saturated heterocycles. The van der Waals surface area contributed by atoms with Gasteiger partial charge in [-0.1, -0.05) is 11.6 Å². The summed E-state index contributed by atoms with van der Waals surface area (Å²) >= 11 is 6.24. The van der Waals surface area contributed by atoms with Crippen LogP contribution < -0.4 is 14.2 Å². The molecule has 0 radical (unpaired) electrons. The zero-order chi connectivity index (χ0) is 19.5. The van der Waals surface area contributed by atoms with E-state index in [1.807, 2.05) is 30.3 Å². The van der Waals surface area contributed by atoms with E-state index in [9.17, 15) is 4.21 Å². The summed E-state index contributed by atoms with van der Waals surface area (Å²) in [5.74, 6) is 3.47. The molecule has 1 aliphatic rings. The van der Waals surface area contributed by atoms with Crippen LogP contribution in [0.2, 0.25) is 5.02 Å². The Kier molecular flexibility index (Phi) is 5.54. The predicted molar refractivity (Wildman–Crippen MR) is 106 cm³/mol. The van der Waals surface area contributed by atoms with Crippen molar-refractivity contribution in [2.24, 2.45) is 0 Å². The van der Waals surface area contributed by atoms with Crippen molar-refractivity contribution in [2.45, 2.75) is 11.5 Å². The first-order chi connectivity index (χ1) is 13.6. The van der Waals surface area contributed by atoms with Crippen LogP contribution in [0.1, 0.15) is 11.5 Å². The van der Waals surface area contributed by atoms with Crippen molar-refractivity contribution in [1.82, 2.24) is 4.98 Å². The van der Waals surface area contributed by atoms with E-state index in [0.717, 1.165) is 16.9 Å². The topological polar surface area (TPSA) is 70.8 Å². The minimum Gasteiger partial charge on any atom is -0.497 e. The molecule has 0 fully saturated rings. The van der Waals surface area contributed by atoms with Crippen molar-refractivity contribution in [1.29, 1.82) is 0 Å². The zero-order valence-corrected chi connectivity index (χ0v) is 16.7. The molecule has 0 spiro atoms. The molecule has 8 heteroatoms. The lowest BCUT2D eigenvalue weighted by molar-refractivity contribution is 0.171. The molecule has 0 N–H and O–H groups in total. The summed E-state index contributed by atoms with van der Waals surface area (Å²) in [7, 11) is 0.406. The molecular formula is C20H18ClNO5S. The summed E-state index contributed by atoms with van der Waals surface area (Å²) in [5, 5.41) is 0.460. The number of fused-ring (bicyclic) bond motifs is 1. The number of benzene rings is 2. The van der Waals surface area contributed by atoms with Gasteiger partial charge in [0.15, 0.2) is 17.3 Å². The first-order valence-corrected chi connectivity index (χ1v) is 10.5. The number of halogens is 1. The van der Waals surface area contributed by atoms with Gasteiger partial charge in [0, 0.05) is 22.1 Å². The maximum atomic E-state index is 12.6. The number of aromatic nitrogens is 1. The molecule has 6 nitrogen and oxygen atoms in total. The number of hydrogen-bond acceptors (Lipinski definition) is 6. The molecule has 0 unspecified atom stereocenters. The Morgan fingerprint density at radius 3 is 2.71 bits per heavy atom.